The lowest BCUT2D eigenvalue weighted by molar-refractivity contribution is 0.463. The average molecular weight is 330 g/mol. The number of rotatable bonds is 5. The number of oxazole rings is 1. The van der Waals surface area contributed by atoms with E-state index in [2.05, 4.69) is 20.6 Å². The number of aryl methyl sites for hydroxylation is 4. The van der Waals surface area contributed by atoms with Crippen LogP contribution < -0.4 is 10.6 Å². The molecular formula is C18H26N4O2. The Hall–Kier alpha value is -2.50. The average Bonchev–Trinajstić information content (AvgIpc) is 2.86. The Labute approximate surface area is 143 Å². The molecule has 6 heteroatoms. The van der Waals surface area contributed by atoms with Gasteiger partial charge in [0.2, 0.25) is 5.89 Å². The molecule has 2 aromatic rings. The van der Waals surface area contributed by atoms with Crippen molar-refractivity contribution in [3.8, 4) is 5.75 Å². The van der Waals surface area contributed by atoms with E-state index in [-0.39, 0.29) is 0 Å². The number of phenols is 1. The maximum atomic E-state index is 9.85. The molecule has 0 atom stereocenters. The van der Waals surface area contributed by atoms with Gasteiger partial charge < -0.3 is 20.2 Å². The van der Waals surface area contributed by atoms with Gasteiger partial charge in [-0.25, -0.2) is 9.98 Å². The number of nitrogens with zero attached hydrogens (tertiary/aromatic N) is 2. The number of aromatic hydroxyl groups is 1. The van der Waals surface area contributed by atoms with Crippen molar-refractivity contribution in [2.24, 2.45) is 4.99 Å². The molecule has 0 spiro atoms. The van der Waals surface area contributed by atoms with Crippen LogP contribution in [0.15, 0.2) is 21.5 Å². The fourth-order valence-corrected chi connectivity index (χ4v) is 2.42. The van der Waals surface area contributed by atoms with Crippen LogP contribution in [0.3, 0.4) is 0 Å². The molecule has 0 radical (unpaired) electrons. The number of hydrogen-bond acceptors (Lipinski definition) is 4. The molecule has 1 aromatic heterocycles. The summed E-state index contributed by atoms with van der Waals surface area (Å²) in [6, 6.07) is 3.91. The molecule has 1 heterocycles. The van der Waals surface area contributed by atoms with Gasteiger partial charge in [0, 0.05) is 6.54 Å². The first-order chi connectivity index (χ1) is 11.4. The molecule has 0 bridgehead atoms. The highest BCUT2D eigenvalue weighted by molar-refractivity contribution is 5.79. The summed E-state index contributed by atoms with van der Waals surface area (Å²) >= 11 is 0. The van der Waals surface area contributed by atoms with E-state index in [0.29, 0.717) is 30.7 Å². The molecular weight excluding hydrogens is 304 g/mol. The second kappa shape index (κ2) is 7.86. The van der Waals surface area contributed by atoms with Crippen LogP contribution in [0.1, 0.15) is 41.0 Å². The molecule has 6 nitrogen and oxygen atoms in total. The monoisotopic (exact) mass is 330 g/mol. The molecule has 1 aromatic carbocycles. The van der Waals surface area contributed by atoms with Gasteiger partial charge in [-0.2, -0.15) is 0 Å². The van der Waals surface area contributed by atoms with Gasteiger partial charge in [-0.3, -0.25) is 0 Å². The predicted molar refractivity (Wildman–Crippen MR) is 95.2 cm³/mol. The van der Waals surface area contributed by atoms with E-state index in [1.165, 1.54) is 0 Å². The van der Waals surface area contributed by atoms with Crippen molar-refractivity contribution < 1.29 is 9.52 Å². The quantitative estimate of drug-likeness (QED) is 0.580. The lowest BCUT2D eigenvalue weighted by Gasteiger charge is -2.11. The van der Waals surface area contributed by atoms with Gasteiger partial charge in [-0.15, -0.1) is 0 Å². The summed E-state index contributed by atoms with van der Waals surface area (Å²) < 4.78 is 5.57. The van der Waals surface area contributed by atoms with Crippen molar-refractivity contribution in [3.05, 3.63) is 46.2 Å². The smallest absolute Gasteiger partial charge is 0.214 e. The molecule has 0 aliphatic rings. The zero-order valence-electron chi connectivity index (χ0n) is 15.0. The van der Waals surface area contributed by atoms with Gasteiger partial charge in [-0.05, 0) is 51.3 Å². The van der Waals surface area contributed by atoms with Crippen LogP contribution in [-0.4, -0.2) is 22.6 Å². The lowest BCUT2D eigenvalue weighted by atomic mass is 10.1. The Balaban J connectivity index is 2.05. The molecule has 2 rings (SSSR count). The molecule has 3 N–H and O–H groups in total. The predicted octanol–water partition coefficient (Wildman–Crippen LogP) is 2.87. The Bertz CT molecular complexity index is 692. The summed E-state index contributed by atoms with van der Waals surface area (Å²) in [6.45, 7) is 11.4. The highest BCUT2D eigenvalue weighted by atomic mass is 16.4. The standard InChI is InChI=1S/C18H26N4O2/c1-6-19-18(21-10-16-22-13(4)14(5)24-16)20-9-15-7-11(2)17(23)12(3)8-15/h7-8,23H,6,9-10H2,1-5H3,(H2,19,20,21). The molecule has 0 saturated carbocycles. The van der Waals surface area contributed by atoms with Gasteiger partial charge in [-0.1, -0.05) is 12.1 Å². The van der Waals surface area contributed by atoms with Crippen molar-refractivity contribution in [1.29, 1.82) is 0 Å². The maximum absolute atomic E-state index is 9.85. The summed E-state index contributed by atoms with van der Waals surface area (Å²) in [6.07, 6.45) is 0. The molecule has 130 valence electrons. The fourth-order valence-electron chi connectivity index (χ4n) is 2.42. The van der Waals surface area contributed by atoms with E-state index in [1.807, 2.05) is 46.8 Å². The van der Waals surface area contributed by atoms with Gasteiger partial charge in [0.25, 0.3) is 0 Å². The number of aromatic nitrogens is 1. The zero-order valence-corrected chi connectivity index (χ0v) is 15.0. The van der Waals surface area contributed by atoms with E-state index >= 15 is 0 Å². The number of hydrogen-bond donors (Lipinski definition) is 3. The Kier molecular flexibility index (Phi) is 5.84. The summed E-state index contributed by atoms with van der Waals surface area (Å²) in [5, 5.41) is 16.3. The molecule has 0 unspecified atom stereocenters. The van der Waals surface area contributed by atoms with Crippen molar-refractivity contribution in [3.63, 3.8) is 0 Å². The highest BCUT2D eigenvalue weighted by Crippen LogP contribution is 2.23. The number of aliphatic imine (C=N–C) groups is 1. The van der Waals surface area contributed by atoms with E-state index in [1.54, 1.807) is 0 Å². The molecule has 0 fully saturated rings. The number of guanidine groups is 1. The first kappa shape index (κ1) is 17.8. The van der Waals surface area contributed by atoms with Crippen molar-refractivity contribution in [1.82, 2.24) is 15.6 Å². The third-order valence-electron chi connectivity index (χ3n) is 3.79. The van der Waals surface area contributed by atoms with Crippen LogP contribution >= 0.6 is 0 Å². The normalized spacial score (nSPS) is 11.6. The first-order valence-electron chi connectivity index (χ1n) is 8.14. The van der Waals surface area contributed by atoms with Crippen LogP contribution in [0, 0.1) is 27.7 Å². The molecule has 0 saturated heterocycles. The minimum absolute atomic E-state index is 0.349. The lowest BCUT2D eigenvalue weighted by Crippen LogP contribution is -2.36. The maximum Gasteiger partial charge on any atom is 0.214 e. The third kappa shape index (κ3) is 4.50. The highest BCUT2D eigenvalue weighted by Gasteiger charge is 2.07. The Morgan fingerprint density at radius 1 is 1.17 bits per heavy atom. The zero-order chi connectivity index (χ0) is 17.7. The van der Waals surface area contributed by atoms with Crippen LogP contribution in [0.25, 0.3) is 0 Å². The topological polar surface area (TPSA) is 82.7 Å². The van der Waals surface area contributed by atoms with Crippen molar-refractivity contribution >= 4 is 5.96 Å². The fraction of sp³-hybridized carbons (Fsp3) is 0.444. The van der Waals surface area contributed by atoms with Crippen molar-refractivity contribution in [2.45, 2.75) is 47.7 Å². The third-order valence-corrected chi connectivity index (χ3v) is 3.79. The Morgan fingerprint density at radius 2 is 1.83 bits per heavy atom. The van der Waals surface area contributed by atoms with Crippen LogP contribution in [0.2, 0.25) is 0 Å². The number of phenolic OH excluding ortho intramolecular Hbond substituents is 1. The van der Waals surface area contributed by atoms with Crippen molar-refractivity contribution in [2.75, 3.05) is 6.54 Å². The van der Waals surface area contributed by atoms with E-state index in [0.717, 1.165) is 34.7 Å². The summed E-state index contributed by atoms with van der Waals surface area (Å²) in [5.41, 5.74) is 3.69. The molecule has 0 amide bonds. The second-order valence-electron chi connectivity index (χ2n) is 5.88. The van der Waals surface area contributed by atoms with E-state index in [9.17, 15) is 5.11 Å². The van der Waals surface area contributed by atoms with Gasteiger partial charge in [0.05, 0.1) is 18.8 Å². The summed E-state index contributed by atoms with van der Waals surface area (Å²) in [7, 11) is 0. The summed E-state index contributed by atoms with van der Waals surface area (Å²) in [4.78, 5) is 8.94. The second-order valence-corrected chi connectivity index (χ2v) is 5.88. The number of nitrogens with one attached hydrogen (secondary N) is 2. The first-order valence-corrected chi connectivity index (χ1v) is 8.14. The Morgan fingerprint density at radius 3 is 2.38 bits per heavy atom. The van der Waals surface area contributed by atoms with Gasteiger partial charge in [0.1, 0.15) is 11.5 Å². The SMILES string of the molecule is CCNC(=NCc1cc(C)c(O)c(C)c1)NCc1nc(C)c(C)o1. The summed E-state index contributed by atoms with van der Waals surface area (Å²) in [5.74, 6) is 2.53. The molecule has 0 aliphatic heterocycles. The van der Waals surface area contributed by atoms with E-state index < -0.39 is 0 Å². The largest absolute Gasteiger partial charge is 0.507 e. The minimum atomic E-state index is 0.349. The van der Waals surface area contributed by atoms with Crippen LogP contribution in [-0.2, 0) is 13.1 Å². The van der Waals surface area contributed by atoms with Gasteiger partial charge >= 0.3 is 0 Å². The molecule has 0 aliphatic carbocycles. The van der Waals surface area contributed by atoms with Crippen LogP contribution in [0.5, 0.6) is 5.75 Å². The molecule has 24 heavy (non-hydrogen) atoms. The van der Waals surface area contributed by atoms with E-state index in [4.69, 9.17) is 4.42 Å². The van der Waals surface area contributed by atoms with Crippen LogP contribution in [0.4, 0.5) is 0 Å². The number of benzene rings is 1. The minimum Gasteiger partial charge on any atom is -0.507 e. The van der Waals surface area contributed by atoms with Gasteiger partial charge in [0.15, 0.2) is 5.96 Å².